The zero-order valence-corrected chi connectivity index (χ0v) is 17.2. The lowest BCUT2D eigenvalue weighted by Gasteiger charge is -2.15. The molecule has 154 valence electrons. The lowest BCUT2D eigenvalue weighted by Crippen LogP contribution is -2.28. The van der Waals surface area contributed by atoms with E-state index in [0.717, 1.165) is 42.9 Å². The Kier molecular flexibility index (Phi) is 5.93. The number of hydrogen-bond acceptors (Lipinski definition) is 3. The zero-order valence-electron chi connectivity index (χ0n) is 17.2. The number of likely N-dealkylation sites (tertiary alicyclic amines) is 1. The lowest BCUT2D eigenvalue weighted by atomic mass is 10.1. The van der Waals surface area contributed by atoms with Crippen LogP contribution in [-0.4, -0.2) is 39.6 Å². The van der Waals surface area contributed by atoms with Gasteiger partial charge in [-0.25, -0.2) is 4.68 Å². The largest absolute Gasteiger partial charge is 0.348 e. The van der Waals surface area contributed by atoms with Crippen molar-refractivity contribution in [1.82, 2.24) is 20.0 Å². The van der Waals surface area contributed by atoms with Crippen LogP contribution in [0.25, 0.3) is 5.69 Å². The monoisotopic (exact) mass is 402 g/mol. The van der Waals surface area contributed by atoms with Gasteiger partial charge in [-0.2, -0.15) is 5.10 Å². The van der Waals surface area contributed by atoms with E-state index in [-0.39, 0.29) is 11.8 Å². The first-order valence-electron chi connectivity index (χ1n) is 10.5. The first-order chi connectivity index (χ1) is 14.7. The van der Waals surface area contributed by atoms with Crippen LogP contribution in [0.3, 0.4) is 0 Å². The van der Waals surface area contributed by atoms with Crippen molar-refractivity contribution in [2.45, 2.75) is 32.7 Å². The Morgan fingerprint density at radius 2 is 1.80 bits per heavy atom. The molecule has 0 atom stereocenters. The van der Waals surface area contributed by atoms with E-state index >= 15 is 0 Å². The number of para-hydroxylation sites is 1. The molecule has 1 aromatic heterocycles. The van der Waals surface area contributed by atoms with Gasteiger partial charge >= 0.3 is 0 Å². The van der Waals surface area contributed by atoms with E-state index in [9.17, 15) is 9.59 Å². The summed E-state index contributed by atoms with van der Waals surface area (Å²) in [5, 5.41) is 7.39. The second-order valence-electron chi connectivity index (χ2n) is 7.49. The molecule has 0 unspecified atom stereocenters. The van der Waals surface area contributed by atoms with Crippen molar-refractivity contribution < 1.29 is 9.59 Å². The van der Waals surface area contributed by atoms with Crippen LogP contribution in [0.4, 0.5) is 0 Å². The van der Waals surface area contributed by atoms with Crippen molar-refractivity contribution >= 4 is 11.8 Å². The number of aromatic nitrogens is 2. The minimum Gasteiger partial charge on any atom is -0.348 e. The fourth-order valence-electron chi connectivity index (χ4n) is 3.89. The molecule has 30 heavy (non-hydrogen) atoms. The molecule has 0 radical (unpaired) electrons. The minimum atomic E-state index is -0.162. The maximum absolute atomic E-state index is 12.8. The van der Waals surface area contributed by atoms with Crippen LogP contribution in [-0.2, 0) is 13.0 Å². The number of rotatable bonds is 6. The van der Waals surface area contributed by atoms with E-state index in [1.165, 1.54) is 0 Å². The molecule has 2 amide bonds. The van der Waals surface area contributed by atoms with Crippen molar-refractivity contribution in [2.75, 3.05) is 13.1 Å². The number of nitrogens with zero attached hydrogens (tertiary/aromatic N) is 3. The predicted octanol–water partition coefficient (Wildman–Crippen LogP) is 3.60. The molecular formula is C24H26N4O2. The summed E-state index contributed by atoms with van der Waals surface area (Å²) in [6.45, 7) is 4.02. The van der Waals surface area contributed by atoms with E-state index in [1.807, 2.05) is 71.1 Å². The van der Waals surface area contributed by atoms with Gasteiger partial charge in [0.1, 0.15) is 0 Å². The summed E-state index contributed by atoms with van der Waals surface area (Å²) in [5.74, 6) is -0.0941. The van der Waals surface area contributed by atoms with Crippen molar-refractivity contribution in [3.8, 4) is 5.69 Å². The molecule has 6 nitrogen and oxygen atoms in total. The summed E-state index contributed by atoms with van der Waals surface area (Å²) in [7, 11) is 0. The Bertz CT molecular complexity index is 1040. The van der Waals surface area contributed by atoms with Gasteiger partial charge in [0.2, 0.25) is 0 Å². The summed E-state index contributed by atoms with van der Waals surface area (Å²) in [4.78, 5) is 27.3. The van der Waals surface area contributed by atoms with Gasteiger partial charge in [-0.1, -0.05) is 37.3 Å². The Morgan fingerprint density at radius 3 is 2.53 bits per heavy atom. The van der Waals surface area contributed by atoms with E-state index in [1.54, 1.807) is 6.20 Å². The average molecular weight is 402 g/mol. The number of carbonyl (C=O) groups is 2. The highest BCUT2D eigenvalue weighted by Gasteiger charge is 2.20. The van der Waals surface area contributed by atoms with Crippen LogP contribution in [0.15, 0.2) is 60.8 Å². The summed E-state index contributed by atoms with van der Waals surface area (Å²) in [6, 6.07) is 17.3. The van der Waals surface area contributed by atoms with Gasteiger partial charge in [0.25, 0.3) is 11.8 Å². The summed E-state index contributed by atoms with van der Waals surface area (Å²) in [6.07, 6.45) is 4.45. The fourth-order valence-corrected chi connectivity index (χ4v) is 3.89. The highest BCUT2D eigenvalue weighted by molar-refractivity contribution is 5.96. The topological polar surface area (TPSA) is 67.2 Å². The van der Waals surface area contributed by atoms with Gasteiger partial charge in [0.05, 0.1) is 23.1 Å². The maximum Gasteiger partial charge on any atom is 0.255 e. The summed E-state index contributed by atoms with van der Waals surface area (Å²) < 4.78 is 1.81. The normalized spacial score (nSPS) is 13.4. The molecule has 3 aromatic rings. The van der Waals surface area contributed by atoms with Crippen LogP contribution in [0, 0.1) is 0 Å². The van der Waals surface area contributed by atoms with Gasteiger partial charge < -0.3 is 10.2 Å². The van der Waals surface area contributed by atoms with Crippen molar-refractivity contribution in [2.24, 2.45) is 0 Å². The highest BCUT2D eigenvalue weighted by atomic mass is 16.2. The van der Waals surface area contributed by atoms with E-state index in [2.05, 4.69) is 10.4 Å². The molecule has 0 spiro atoms. The van der Waals surface area contributed by atoms with Gasteiger partial charge in [0.15, 0.2) is 0 Å². The van der Waals surface area contributed by atoms with E-state index in [4.69, 9.17) is 0 Å². The van der Waals surface area contributed by atoms with Crippen LogP contribution < -0.4 is 5.32 Å². The SMILES string of the molecule is CCc1c(C(=O)NCc2cccc(C(=O)N3CCCC3)c2)cnn1-c1ccccc1. The fraction of sp³-hybridized carbons (Fsp3) is 0.292. The Labute approximate surface area is 176 Å². The smallest absolute Gasteiger partial charge is 0.255 e. The maximum atomic E-state index is 12.8. The molecule has 2 aromatic carbocycles. The van der Waals surface area contributed by atoms with Gasteiger partial charge in [-0.05, 0) is 49.1 Å². The lowest BCUT2D eigenvalue weighted by molar-refractivity contribution is 0.0792. The first kappa shape index (κ1) is 19.9. The van der Waals surface area contributed by atoms with Gasteiger partial charge in [-0.3, -0.25) is 9.59 Å². The first-order valence-corrected chi connectivity index (χ1v) is 10.5. The summed E-state index contributed by atoms with van der Waals surface area (Å²) >= 11 is 0. The van der Waals surface area contributed by atoms with Gasteiger partial charge in [-0.15, -0.1) is 0 Å². The molecule has 6 heteroatoms. The molecule has 1 saturated heterocycles. The molecule has 1 aliphatic heterocycles. The number of amides is 2. The Balaban J connectivity index is 1.46. The molecule has 1 fully saturated rings. The number of nitrogens with one attached hydrogen (secondary N) is 1. The average Bonchev–Trinajstić information content (AvgIpc) is 3.48. The highest BCUT2D eigenvalue weighted by Crippen LogP contribution is 2.17. The third kappa shape index (κ3) is 4.13. The minimum absolute atomic E-state index is 0.0677. The second-order valence-corrected chi connectivity index (χ2v) is 7.49. The van der Waals surface area contributed by atoms with Crippen LogP contribution in [0.2, 0.25) is 0 Å². The molecule has 4 rings (SSSR count). The Morgan fingerprint density at radius 1 is 1.03 bits per heavy atom. The predicted molar refractivity (Wildman–Crippen MR) is 116 cm³/mol. The van der Waals surface area contributed by atoms with Crippen molar-refractivity contribution in [3.05, 3.63) is 83.2 Å². The number of carbonyl (C=O) groups excluding carboxylic acids is 2. The van der Waals surface area contributed by atoms with Crippen molar-refractivity contribution in [3.63, 3.8) is 0 Å². The quantitative estimate of drug-likeness (QED) is 0.685. The molecule has 0 saturated carbocycles. The number of hydrogen-bond donors (Lipinski definition) is 1. The van der Waals surface area contributed by atoms with Crippen LogP contribution in [0.5, 0.6) is 0 Å². The van der Waals surface area contributed by atoms with E-state index < -0.39 is 0 Å². The van der Waals surface area contributed by atoms with Crippen molar-refractivity contribution in [1.29, 1.82) is 0 Å². The zero-order chi connectivity index (χ0) is 20.9. The molecular weight excluding hydrogens is 376 g/mol. The molecule has 2 heterocycles. The molecule has 0 aliphatic carbocycles. The van der Waals surface area contributed by atoms with E-state index in [0.29, 0.717) is 24.1 Å². The second kappa shape index (κ2) is 8.95. The Hall–Kier alpha value is -3.41. The standard InChI is InChI=1S/C24H26N4O2/c1-2-22-21(17-26-28(22)20-11-4-3-5-12-20)23(29)25-16-18-9-8-10-19(15-18)24(30)27-13-6-7-14-27/h3-5,8-12,15,17H,2,6-7,13-14,16H2,1H3,(H,25,29). The third-order valence-electron chi connectivity index (χ3n) is 5.47. The van der Waals surface area contributed by atoms with Crippen LogP contribution >= 0.6 is 0 Å². The van der Waals surface area contributed by atoms with Gasteiger partial charge in [0, 0.05) is 25.2 Å². The molecule has 0 bridgehead atoms. The molecule has 1 aliphatic rings. The number of benzene rings is 2. The van der Waals surface area contributed by atoms with Crippen LogP contribution in [0.1, 0.15) is 51.7 Å². The molecule has 1 N–H and O–H groups in total. The summed E-state index contributed by atoms with van der Waals surface area (Å²) in [5.41, 5.74) is 3.96. The third-order valence-corrected chi connectivity index (χ3v) is 5.47.